The van der Waals surface area contributed by atoms with E-state index in [9.17, 15) is 28.7 Å². The number of nitrogens with zero attached hydrogens (tertiary/aromatic N) is 2. The average Bonchev–Trinajstić information content (AvgIpc) is 3.42. The number of thiazole rings is 1. The number of benzene rings is 1. The summed E-state index contributed by atoms with van der Waals surface area (Å²) in [5, 5.41) is 16.0. The predicted octanol–water partition coefficient (Wildman–Crippen LogP) is 4.65. The van der Waals surface area contributed by atoms with Gasteiger partial charge in [0.15, 0.2) is 5.67 Å². The fourth-order valence-corrected chi connectivity index (χ4v) is 6.42. The average molecular weight is 659 g/mol. The van der Waals surface area contributed by atoms with Gasteiger partial charge in [0, 0.05) is 31.5 Å². The third kappa shape index (κ3) is 9.12. The Morgan fingerprint density at radius 1 is 1.20 bits per heavy atom. The number of carbonyl (C=O) groups is 4. The maximum absolute atomic E-state index is 14.5. The van der Waals surface area contributed by atoms with Crippen LogP contribution < -0.4 is 15.4 Å². The van der Waals surface area contributed by atoms with Crippen LogP contribution in [0.15, 0.2) is 23.7 Å². The molecule has 0 radical (unpaired) electrons. The lowest BCUT2D eigenvalue weighted by molar-refractivity contribution is -0.145. The van der Waals surface area contributed by atoms with E-state index < -0.39 is 47.0 Å². The van der Waals surface area contributed by atoms with Gasteiger partial charge in [0.05, 0.1) is 28.8 Å². The minimum Gasteiger partial charge on any atom is -0.493 e. The quantitative estimate of drug-likeness (QED) is 0.176. The van der Waals surface area contributed by atoms with Crippen LogP contribution in [0.5, 0.6) is 5.75 Å². The van der Waals surface area contributed by atoms with Gasteiger partial charge in [-0.25, -0.2) is 9.37 Å². The number of likely N-dealkylation sites (tertiary alicyclic amines) is 1. The van der Waals surface area contributed by atoms with Gasteiger partial charge in [-0.3, -0.25) is 14.4 Å². The first-order valence-corrected chi connectivity index (χ1v) is 17.1. The normalized spacial score (nSPS) is 19.4. The number of β-amino-alcohol motifs (C(OH)–C–C–N with tert-alkyl or cyclic N) is 1. The maximum Gasteiger partial charge on any atom is 0.258 e. The monoisotopic (exact) mass is 658 g/mol. The lowest BCUT2D eigenvalue weighted by Crippen LogP contribution is -2.59. The van der Waals surface area contributed by atoms with E-state index in [2.05, 4.69) is 15.6 Å². The summed E-state index contributed by atoms with van der Waals surface area (Å²) in [5.74, 6) is -1.14. The zero-order valence-electron chi connectivity index (χ0n) is 27.3. The van der Waals surface area contributed by atoms with Crippen molar-refractivity contribution in [2.24, 2.45) is 5.41 Å². The third-order valence-corrected chi connectivity index (χ3v) is 9.58. The van der Waals surface area contributed by atoms with E-state index in [1.165, 1.54) is 16.2 Å². The minimum atomic E-state index is -1.95. The summed E-state index contributed by atoms with van der Waals surface area (Å²) in [6.07, 6.45) is 5.68. The summed E-state index contributed by atoms with van der Waals surface area (Å²) in [7, 11) is 0. The van der Waals surface area contributed by atoms with Crippen molar-refractivity contribution in [1.82, 2.24) is 20.5 Å². The molecular weight excluding hydrogens is 611 g/mol. The Hall–Kier alpha value is -3.38. The molecule has 1 saturated heterocycles. The van der Waals surface area contributed by atoms with Crippen molar-refractivity contribution in [2.45, 2.75) is 116 Å². The molecule has 46 heavy (non-hydrogen) atoms. The Morgan fingerprint density at radius 2 is 1.91 bits per heavy atom. The number of aldehydes is 1. The second-order valence-electron chi connectivity index (χ2n) is 13.5. The molecule has 1 saturated carbocycles. The predicted molar refractivity (Wildman–Crippen MR) is 174 cm³/mol. The molecule has 4 rings (SSSR count). The number of nitrogens with one attached hydrogen (secondary N) is 2. The summed E-state index contributed by atoms with van der Waals surface area (Å²) in [5.41, 5.74) is 1.73. The van der Waals surface area contributed by atoms with Crippen molar-refractivity contribution >= 4 is 35.3 Å². The van der Waals surface area contributed by atoms with Crippen LogP contribution in [0.2, 0.25) is 0 Å². The van der Waals surface area contributed by atoms with E-state index in [4.69, 9.17) is 4.74 Å². The number of hydrogen-bond donors (Lipinski definition) is 3. The highest BCUT2D eigenvalue weighted by Gasteiger charge is 2.53. The molecule has 1 aromatic carbocycles. The molecule has 12 heteroatoms. The zero-order valence-corrected chi connectivity index (χ0v) is 28.1. The van der Waals surface area contributed by atoms with Crippen molar-refractivity contribution < 1.29 is 33.4 Å². The number of ether oxygens (including phenoxy) is 1. The van der Waals surface area contributed by atoms with Gasteiger partial charge in [0.2, 0.25) is 11.8 Å². The summed E-state index contributed by atoms with van der Waals surface area (Å²) >= 11 is 1.54. The van der Waals surface area contributed by atoms with E-state index in [1.54, 1.807) is 26.3 Å². The highest BCUT2D eigenvalue weighted by atomic mass is 32.1. The summed E-state index contributed by atoms with van der Waals surface area (Å²) in [4.78, 5) is 57.0. The number of halogens is 1. The summed E-state index contributed by atoms with van der Waals surface area (Å²) in [6.45, 7) is 7.82. The second kappa shape index (κ2) is 15.5. The van der Waals surface area contributed by atoms with E-state index in [0.29, 0.717) is 18.8 Å². The molecule has 0 bridgehead atoms. The first kappa shape index (κ1) is 35.5. The van der Waals surface area contributed by atoms with Gasteiger partial charge in [0.25, 0.3) is 5.91 Å². The van der Waals surface area contributed by atoms with E-state index in [0.717, 1.165) is 60.1 Å². The number of alkyl halides is 1. The van der Waals surface area contributed by atoms with Crippen molar-refractivity contribution in [3.8, 4) is 16.2 Å². The molecule has 2 fully saturated rings. The zero-order chi connectivity index (χ0) is 33.5. The Balaban J connectivity index is 1.43. The van der Waals surface area contributed by atoms with Crippen LogP contribution in [0.4, 0.5) is 4.39 Å². The Kier molecular flexibility index (Phi) is 11.9. The molecule has 1 aliphatic heterocycles. The van der Waals surface area contributed by atoms with Crippen LogP contribution in [-0.4, -0.2) is 76.0 Å². The van der Waals surface area contributed by atoms with Gasteiger partial charge in [-0.15, -0.1) is 11.3 Å². The molecule has 2 heterocycles. The molecule has 3 amide bonds. The van der Waals surface area contributed by atoms with Gasteiger partial charge in [-0.1, -0.05) is 52.2 Å². The van der Waals surface area contributed by atoms with Crippen LogP contribution in [-0.2, 0) is 25.7 Å². The van der Waals surface area contributed by atoms with Gasteiger partial charge < -0.3 is 30.2 Å². The lowest BCUT2D eigenvalue weighted by Gasteiger charge is -2.35. The standard InChI is InChI=1S/C34H47FN4O6S/c1-22-28(46-21-37-22)23-11-12-24(27(17-23)45-16-10-8-6-5-7-9-15-40)19-36-30(42)26-18-25(41)20-39(26)31(43)29(33(2,3)4)38-32(44)34(35)13-14-34/h11-12,15,17,21,25-26,29,41H,5-10,13-14,16,18-20H2,1-4H3,(H,36,42)(H,38,44)/t25-,26+,29-/m1/s1. The number of hydrogen-bond acceptors (Lipinski definition) is 8. The number of aliphatic hydroxyl groups is 1. The molecule has 252 valence electrons. The van der Waals surface area contributed by atoms with Gasteiger partial charge in [-0.2, -0.15) is 0 Å². The van der Waals surface area contributed by atoms with E-state index in [1.807, 2.05) is 25.1 Å². The highest BCUT2D eigenvalue weighted by molar-refractivity contribution is 7.13. The van der Waals surface area contributed by atoms with E-state index in [-0.39, 0.29) is 32.4 Å². The molecule has 3 N–H and O–H groups in total. The number of aliphatic hydroxyl groups excluding tert-OH is 1. The van der Waals surface area contributed by atoms with Gasteiger partial charge in [0.1, 0.15) is 24.1 Å². The SMILES string of the molecule is Cc1ncsc1-c1ccc(CNC(=O)[C@@H]2C[C@@H](O)CN2C(=O)[C@@H](NC(=O)C2(F)CC2)C(C)(C)C)c(OCCCCCCCC=O)c1. The van der Waals surface area contributed by atoms with Crippen LogP contribution in [0.25, 0.3) is 10.4 Å². The molecule has 0 spiro atoms. The van der Waals surface area contributed by atoms with E-state index >= 15 is 0 Å². The summed E-state index contributed by atoms with van der Waals surface area (Å²) < 4.78 is 20.7. The van der Waals surface area contributed by atoms with Crippen molar-refractivity contribution in [3.63, 3.8) is 0 Å². The number of rotatable bonds is 16. The van der Waals surface area contributed by atoms with Crippen LogP contribution in [0, 0.1) is 12.3 Å². The first-order valence-electron chi connectivity index (χ1n) is 16.2. The molecule has 2 aliphatic rings. The number of carbonyl (C=O) groups excluding carboxylic acids is 4. The van der Waals surface area contributed by atoms with Crippen molar-refractivity contribution in [2.75, 3.05) is 13.2 Å². The molecule has 0 unspecified atom stereocenters. The number of aryl methyl sites for hydroxylation is 1. The lowest BCUT2D eigenvalue weighted by atomic mass is 9.85. The van der Waals surface area contributed by atoms with Gasteiger partial charge >= 0.3 is 0 Å². The fraction of sp³-hybridized carbons (Fsp3) is 0.618. The topological polar surface area (TPSA) is 138 Å². The number of aromatic nitrogens is 1. The molecule has 10 nitrogen and oxygen atoms in total. The van der Waals surface area contributed by atoms with Crippen LogP contribution in [0.1, 0.15) is 89.8 Å². The molecular formula is C34H47FN4O6S. The third-order valence-electron chi connectivity index (χ3n) is 8.60. The highest BCUT2D eigenvalue weighted by Crippen LogP contribution is 2.40. The largest absolute Gasteiger partial charge is 0.493 e. The molecule has 1 aromatic heterocycles. The number of amides is 3. The smallest absolute Gasteiger partial charge is 0.258 e. The molecule has 2 aromatic rings. The van der Waals surface area contributed by atoms with Gasteiger partial charge in [-0.05, 0) is 49.7 Å². The Labute approximate surface area is 274 Å². The van der Waals surface area contributed by atoms with Crippen molar-refractivity contribution in [1.29, 1.82) is 0 Å². The molecule has 3 atom stereocenters. The maximum atomic E-state index is 14.5. The minimum absolute atomic E-state index is 0.0508. The number of unbranched alkanes of at least 4 members (excludes halogenated alkanes) is 5. The van der Waals surface area contributed by atoms with Crippen LogP contribution in [0.3, 0.4) is 0 Å². The fourth-order valence-electron chi connectivity index (χ4n) is 5.62. The first-order chi connectivity index (χ1) is 21.8. The van der Waals surface area contributed by atoms with Crippen molar-refractivity contribution in [3.05, 3.63) is 35.0 Å². The Morgan fingerprint density at radius 3 is 2.57 bits per heavy atom. The molecule has 1 aliphatic carbocycles. The Bertz CT molecular complexity index is 1390. The second-order valence-corrected chi connectivity index (χ2v) is 14.4. The van der Waals surface area contributed by atoms with Crippen LogP contribution >= 0.6 is 11.3 Å². The summed E-state index contributed by atoms with van der Waals surface area (Å²) in [6, 6.07) is 3.81.